The number of hydrogen-bond donors (Lipinski definition) is 3. The fourth-order valence-electron chi connectivity index (χ4n) is 2.03. The molecule has 0 unspecified atom stereocenters. The zero-order valence-corrected chi connectivity index (χ0v) is 10.6. The van der Waals surface area contributed by atoms with Crippen LogP contribution in [0.4, 0.5) is 14.5 Å². The third kappa shape index (κ3) is 2.88. The van der Waals surface area contributed by atoms with Crippen LogP contribution in [0.5, 0.6) is 0 Å². The number of aromatic amines is 1. The highest BCUT2D eigenvalue weighted by Gasteiger charge is 2.21. The maximum absolute atomic E-state index is 12.4. The van der Waals surface area contributed by atoms with E-state index in [0.717, 1.165) is 10.3 Å². The van der Waals surface area contributed by atoms with Gasteiger partial charge in [0.15, 0.2) is 0 Å². The van der Waals surface area contributed by atoms with E-state index in [1.54, 1.807) is 24.3 Å². The van der Waals surface area contributed by atoms with Gasteiger partial charge in [0.05, 0.1) is 24.4 Å². The van der Waals surface area contributed by atoms with Crippen molar-refractivity contribution in [3.8, 4) is 0 Å². The van der Waals surface area contributed by atoms with Gasteiger partial charge in [0.1, 0.15) is 5.69 Å². The van der Waals surface area contributed by atoms with Crippen molar-refractivity contribution >= 4 is 22.5 Å². The van der Waals surface area contributed by atoms with Crippen LogP contribution in [-0.2, 0) is 0 Å². The monoisotopic (exact) mass is 283 g/mol. The van der Waals surface area contributed by atoms with Gasteiger partial charge in [0.25, 0.3) is 12.3 Å². The summed E-state index contributed by atoms with van der Waals surface area (Å²) in [6.45, 7) is -1.24. The first-order chi connectivity index (χ1) is 9.52. The molecule has 1 heterocycles. The normalized spacial score (nSPS) is 11.2. The number of hydrogen-bond acceptors (Lipinski definition) is 3. The van der Waals surface area contributed by atoms with Crippen molar-refractivity contribution < 1.29 is 18.7 Å². The fourth-order valence-corrected chi connectivity index (χ4v) is 2.03. The lowest BCUT2D eigenvalue weighted by Gasteiger charge is -2.20. The molecule has 1 aromatic heterocycles. The molecule has 0 fully saturated rings. The number of anilines is 1. The van der Waals surface area contributed by atoms with E-state index in [-0.39, 0.29) is 18.8 Å². The van der Waals surface area contributed by atoms with Gasteiger partial charge in [-0.15, -0.1) is 0 Å². The molecule has 1 amide bonds. The topological polar surface area (TPSA) is 82.3 Å². The summed E-state index contributed by atoms with van der Waals surface area (Å²) < 4.78 is 24.9. The third-order valence-electron chi connectivity index (χ3n) is 2.93. The van der Waals surface area contributed by atoms with E-state index in [0.29, 0.717) is 11.2 Å². The highest BCUT2D eigenvalue weighted by atomic mass is 19.3. The molecule has 2 aromatic rings. The lowest BCUT2D eigenvalue weighted by molar-refractivity contribution is 0.0505. The largest absolute Gasteiger partial charge is 0.397 e. The van der Waals surface area contributed by atoms with Gasteiger partial charge in [-0.2, -0.15) is 0 Å². The molecule has 2 rings (SSSR count). The van der Waals surface area contributed by atoms with Crippen molar-refractivity contribution in [3.05, 3.63) is 30.0 Å². The van der Waals surface area contributed by atoms with E-state index in [1.165, 1.54) is 0 Å². The molecular formula is C13H15F2N3O2. The Morgan fingerprint density at radius 3 is 2.80 bits per heavy atom. The smallest absolute Gasteiger partial charge is 0.270 e. The van der Waals surface area contributed by atoms with Gasteiger partial charge >= 0.3 is 0 Å². The van der Waals surface area contributed by atoms with Crippen LogP contribution < -0.4 is 5.73 Å². The van der Waals surface area contributed by atoms with E-state index < -0.39 is 18.9 Å². The number of aliphatic hydroxyl groups is 1. The summed E-state index contributed by atoms with van der Waals surface area (Å²) in [5, 5.41) is 9.59. The van der Waals surface area contributed by atoms with Crippen molar-refractivity contribution in [2.45, 2.75) is 6.43 Å². The number of carbonyl (C=O) groups excluding carboxylic acids is 1. The number of H-pyrrole nitrogens is 1. The minimum absolute atomic E-state index is 0.145. The highest BCUT2D eigenvalue weighted by molar-refractivity contribution is 6.00. The summed E-state index contributed by atoms with van der Waals surface area (Å²) in [5.41, 5.74) is 7.01. The number of aliphatic hydroxyl groups excluding tert-OH is 1. The number of halogens is 2. The number of nitrogens with zero attached hydrogens (tertiary/aromatic N) is 1. The van der Waals surface area contributed by atoms with Gasteiger partial charge < -0.3 is 20.7 Å². The number of para-hydroxylation sites is 1. The van der Waals surface area contributed by atoms with E-state index in [2.05, 4.69) is 4.98 Å². The van der Waals surface area contributed by atoms with Crippen LogP contribution in [0.2, 0.25) is 0 Å². The van der Waals surface area contributed by atoms with Gasteiger partial charge in [-0.05, 0) is 12.1 Å². The minimum atomic E-state index is -2.65. The Balaban J connectivity index is 2.31. The Hall–Kier alpha value is -2.15. The number of carbonyl (C=O) groups is 1. The maximum atomic E-state index is 12.4. The molecule has 4 N–H and O–H groups in total. The quantitative estimate of drug-likeness (QED) is 0.726. The average molecular weight is 283 g/mol. The molecule has 0 saturated carbocycles. The molecule has 7 heteroatoms. The van der Waals surface area contributed by atoms with Crippen molar-refractivity contribution in [1.29, 1.82) is 0 Å². The first kappa shape index (κ1) is 14.3. The summed E-state index contributed by atoms with van der Waals surface area (Å²) in [4.78, 5) is 15.9. The van der Waals surface area contributed by atoms with E-state index in [1.807, 2.05) is 0 Å². The summed E-state index contributed by atoms with van der Waals surface area (Å²) in [7, 11) is 0. The molecule has 0 atom stereocenters. The second kappa shape index (κ2) is 5.87. The molecule has 5 nitrogen and oxygen atoms in total. The van der Waals surface area contributed by atoms with Crippen LogP contribution in [0.3, 0.4) is 0 Å². The number of nitrogens with two attached hydrogens (primary N) is 1. The number of alkyl halides is 2. The molecule has 0 radical (unpaired) electrons. The van der Waals surface area contributed by atoms with Crippen molar-refractivity contribution in [1.82, 2.24) is 9.88 Å². The van der Waals surface area contributed by atoms with E-state index in [4.69, 9.17) is 10.8 Å². The SMILES string of the molecule is Nc1cccc2cc(C(=O)N(CCO)CC(F)F)[nH]c12. The Kier molecular flexibility index (Phi) is 4.19. The molecule has 20 heavy (non-hydrogen) atoms. The Bertz CT molecular complexity index is 613. The van der Waals surface area contributed by atoms with Crippen molar-refractivity contribution in [3.63, 3.8) is 0 Å². The van der Waals surface area contributed by atoms with Crippen molar-refractivity contribution in [2.24, 2.45) is 0 Å². The minimum Gasteiger partial charge on any atom is -0.397 e. The van der Waals surface area contributed by atoms with Gasteiger partial charge in [0.2, 0.25) is 0 Å². The van der Waals surface area contributed by atoms with Crippen LogP contribution in [0.15, 0.2) is 24.3 Å². The average Bonchev–Trinajstić information content (AvgIpc) is 2.82. The predicted molar refractivity (Wildman–Crippen MR) is 71.7 cm³/mol. The summed E-state index contributed by atoms with van der Waals surface area (Å²) in [5.74, 6) is -0.588. The molecular weight excluding hydrogens is 268 g/mol. The summed E-state index contributed by atoms with van der Waals surface area (Å²) in [6.07, 6.45) is -2.65. The lowest BCUT2D eigenvalue weighted by Crippen LogP contribution is -2.37. The second-order valence-corrected chi connectivity index (χ2v) is 4.36. The number of rotatable bonds is 5. The third-order valence-corrected chi connectivity index (χ3v) is 2.93. The first-order valence-electron chi connectivity index (χ1n) is 6.08. The van der Waals surface area contributed by atoms with Crippen molar-refractivity contribution in [2.75, 3.05) is 25.4 Å². The number of amides is 1. The van der Waals surface area contributed by atoms with Crippen LogP contribution in [0, 0.1) is 0 Å². The van der Waals surface area contributed by atoms with Gasteiger partial charge in [-0.25, -0.2) is 8.78 Å². The molecule has 1 aromatic carbocycles. The lowest BCUT2D eigenvalue weighted by atomic mass is 10.2. The van der Waals surface area contributed by atoms with Crippen LogP contribution in [0.1, 0.15) is 10.5 Å². The zero-order chi connectivity index (χ0) is 14.7. The maximum Gasteiger partial charge on any atom is 0.270 e. The molecule has 0 aliphatic rings. The number of nitrogens with one attached hydrogen (secondary N) is 1. The summed E-state index contributed by atoms with van der Waals surface area (Å²) in [6, 6.07) is 6.74. The molecule has 0 spiro atoms. The molecule has 0 aliphatic carbocycles. The number of aromatic nitrogens is 1. The first-order valence-corrected chi connectivity index (χ1v) is 6.08. The van der Waals surface area contributed by atoms with Gasteiger partial charge in [-0.1, -0.05) is 12.1 Å². The predicted octanol–water partition coefficient (Wildman–Crippen LogP) is 1.45. The zero-order valence-electron chi connectivity index (χ0n) is 10.6. The molecule has 0 saturated heterocycles. The number of nitrogen functional groups attached to an aromatic ring is 1. The Labute approximate surface area is 114 Å². The Morgan fingerprint density at radius 1 is 1.45 bits per heavy atom. The second-order valence-electron chi connectivity index (χ2n) is 4.36. The number of fused-ring (bicyclic) bond motifs is 1. The summed E-state index contributed by atoms with van der Waals surface area (Å²) >= 11 is 0. The highest BCUT2D eigenvalue weighted by Crippen LogP contribution is 2.22. The Morgan fingerprint density at radius 2 is 2.20 bits per heavy atom. The van der Waals surface area contributed by atoms with Crippen LogP contribution in [-0.4, -0.2) is 47.0 Å². The van der Waals surface area contributed by atoms with Gasteiger partial charge in [0, 0.05) is 11.9 Å². The van der Waals surface area contributed by atoms with Crippen LogP contribution >= 0.6 is 0 Å². The molecule has 108 valence electrons. The standard InChI is InChI=1S/C13H15F2N3O2/c14-11(15)7-18(4-5-19)13(20)10-6-8-2-1-3-9(16)12(8)17-10/h1-3,6,11,17,19H,4-5,7,16H2. The van der Waals surface area contributed by atoms with Gasteiger partial charge in [-0.3, -0.25) is 4.79 Å². The number of benzene rings is 1. The molecule has 0 bridgehead atoms. The molecule has 0 aliphatic heterocycles. The van der Waals surface area contributed by atoms with E-state index >= 15 is 0 Å². The fraction of sp³-hybridized carbons (Fsp3) is 0.308. The van der Waals surface area contributed by atoms with Crippen LogP contribution in [0.25, 0.3) is 10.9 Å². The van der Waals surface area contributed by atoms with E-state index in [9.17, 15) is 13.6 Å².